The molecule has 0 spiro atoms. The molecule has 1 aromatic rings. The van der Waals surface area contributed by atoms with E-state index in [1.807, 2.05) is 19.3 Å². The van der Waals surface area contributed by atoms with Gasteiger partial charge in [-0.2, -0.15) is 5.10 Å². The monoisotopic (exact) mass is 252 g/mol. The van der Waals surface area contributed by atoms with Gasteiger partial charge in [0, 0.05) is 37.4 Å². The lowest BCUT2D eigenvalue weighted by molar-refractivity contribution is 0.0950. The summed E-state index contributed by atoms with van der Waals surface area (Å²) in [5, 5.41) is 10.2. The average Bonchev–Trinajstić information content (AvgIpc) is 2.90. The van der Waals surface area contributed by atoms with Gasteiger partial charge in [-0.15, -0.1) is 0 Å². The third-order valence-corrected chi connectivity index (χ3v) is 3.17. The van der Waals surface area contributed by atoms with Gasteiger partial charge in [0.05, 0.1) is 12.8 Å². The molecule has 2 heterocycles. The molecule has 2 N–H and O–H groups in total. The maximum atomic E-state index is 11.5. The van der Waals surface area contributed by atoms with Crippen molar-refractivity contribution in [2.24, 2.45) is 0 Å². The van der Waals surface area contributed by atoms with Crippen LogP contribution in [0.1, 0.15) is 25.3 Å². The normalized spacial score (nSPS) is 16.8. The van der Waals surface area contributed by atoms with Crippen LogP contribution in [0.2, 0.25) is 0 Å². The van der Waals surface area contributed by atoms with Gasteiger partial charge < -0.3 is 15.0 Å². The number of likely N-dealkylation sites (tertiary alicyclic amines) is 1. The van der Waals surface area contributed by atoms with Gasteiger partial charge in [-0.3, -0.25) is 5.10 Å². The number of hydrogen-bond acceptors (Lipinski definition) is 4. The SMILES string of the molecule is CCOC(=O)N1CCC(NCc2cn[nH]c2)CC1. The van der Waals surface area contributed by atoms with Crippen LogP contribution in [0.3, 0.4) is 0 Å². The summed E-state index contributed by atoms with van der Waals surface area (Å²) < 4.78 is 4.99. The Morgan fingerprint density at radius 3 is 3.00 bits per heavy atom. The number of ether oxygens (including phenoxy) is 1. The maximum Gasteiger partial charge on any atom is 0.409 e. The predicted molar refractivity (Wildman–Crippen MR) is 67.0 cm³/mol. The fraction of sp³-hybridized carbons (Fsp3) is 0.667. The first kappa shape index (κ1) is 12.9. The van der Waals surface area contributed by atoms with Crippen LogP contribution in [0.15, 0.2) is 12.4 Å². The number of H-pyrrole nitrogens is 1. The van der Waals surface area contributed by atoms with Crippen LogP contribution in [0, 0.1) is 0 Å². The first-order valence-corrected chi connectivity index (χ1v) is 6.42. The molecule has 1 amide bonds. The van der Waals surface area contributed by atoms with Gasteiger partial charge in [-0.1, -0.05) is 0 Å². The second-order valence-electron chi connectivity index (χ2n) is 4.45. The van der Waals surface area contributed by atoms with E-state index in [2.05, 4.69) is 15.5 Å². The van der Waals surface area contributed by atoms with Crippen molar-refractivity contribution in [2.45, 2.75) is 32.4 Å². The lowest BCUT2D eigenvalue weighted by Crippen LogP contribution is -2.44. The summed E-state index contributed by atoms with van der Waals surface area (Å²) in [6, 6.07) is 0.463. The molecule has 1 aromatic heterocycles. The number of carbonyl (C=O) groups is 1. The minimum Gasteiger partial charge on any atom is -0.450 e. The first-order valence-electron chi connectivity index (χ1n) is 6.42. The molecule has 18 heavy (non-hydrogen) atoms. The Balaban J connectivity index is 1.68. The van der Waals surface area contributed by atoms with Crippen LogP contribution < -0.4 is 5.32 Å². The number of amides is 1. The summed E-state index contributed by atoms with van der Waals surface area (Å²) in [5.41, 5.74) is 1.16. The lowest BCUT2D eigenvalue weighted by Gasteiger charge is -2.31. The molecular formula is C12H20N4O2. The van der Waals surface area contributed by atoms with Gasteiger partial charge in [-0.05, 0) is 19.8 Å². The molecule has 6 nitrogen and oxygen atoms in total. The maximum absolute atomic E-state index is 11.5. The molecule has 0 bridgehead atoms. The number of nitrogens with one attached hydrogen (secondary N) is 2. The van der Waals surface area contributed by atoms with Gasteiger partial charge in [0.1, 0.15) is 0 Å². The third-order valence-electron chi connectivity index (χ3n) is 3.17. The number of aromatic nitrogens is 2. The number of nitrogens with zero attached hydrogens (tertiary/aromatic N) is 2. The van der Waals surface area contributed by atoms with E-state index in [0.29, 0.717) is 12.6 Å². The molecule has 0 saturated carbocycles. The second kappa shape index (κ2) is 6.39. The highest BCUT2D eigenvalue weighted by atomic mass is 16.6. The summed E-state index contributed by atoms with van der Waals surface area (Å²) in [5.74, 6) is 0. The topological polar surface area (TPSA) is 70.2 Å². The molecule has 2 rings (SSSR count). The Labute approximate surface area is 107 Å². The van der Waals surface area contributed by atoms with E-state index in [1.165, 1.54) is 0 Å². The standard InChI is InChI=1S/C12H20N4O2/c1-2-18-12(17)16-5-3-11(4-6-16)13-7-10-8-14-15-9-10/h8-9,11,13H,2-7H2,1H3,(H,14,15). The zero-order valence-corrected chi connectivity index (χ0v) is 10.7. The molecule has 0 radical (unpaired) electrons. The molecule has 1 aliphatic heterocycles. The Bertz CT molecular complexity index is 358. The van der Waals surface area contributed by atoms with Gasteiger partial charge in [0.15, 0.2) is 0 Å². The molecule has 0 aliphatic carbocycles. The zero-order chi connectivity index (χ0) is 12.8. The van der Waals surface area contributed by atoms with Crippen LogP contribution in [0.5, 0.6) is 0 Å². The van der Waals surface area contributed by atoms with Crippen molar-refractivity contribution in [3.8, 4) is 0 Å². The molecule has 100 valence electrons. The largest absolute Gasteiger partial charge is 0.450 e. The summed E-state index contributed by atoms with van der Waals surface area (Å²) in [6.07, 6.45) is 5.46. The van der Waals surface area contributed by atoms with Crippen molar-refractivity contribution < 1.29 is 9.53 Å². The van der Waals surface area contributed by atoms with E-state index < -0.39 is 0 Å². The summed E-state index contributed by atoms with van der Waals surface area (Å²) in [7, 11) is 0. The summed E-state index contributed by atoms with van der Waals surface area (Å²) >= 11 is 0. The quantitative estimate of drug-likeness (QED) is 0.842. The fourth-order valence-corrected chi connectivity index (χ4v) is 2.12. The van der Waals surface area contributed by atoms with Crippen molar-refractivity contribution in [1.29, 1.82) is 0 Å². The molecule has 1 fully saturated rings. The first-order chi connectivity index (χ1) is 8.79. The van der Waals surface area contributed by atoms with Crippen molar-refractivity contribution in [2.75, 3.05) is 19.7 Å². The van der Waals surface area contributed by atoms with E-state index in [-0.39, 0.29) is 6.09 Å². The highest BCUT2D eigenvalue weighted by Gasteiger charge is 2.22. The number of rotatable bonds is 4. The fourth-order valence-electron chi connectivity index (χ4n) is 2.12. The van der Waals surface area contributed by atoms with Crippen molar-refractivity contribution in [3.05, 3.63) is 18.0 Å². The van der Waals surface area contributed by atoms with Gasteiger partial charge in [0.25, 0.3) is 0 Å². The molecule has 1 saturated heterocycles. The summed E-state index contributed by atoms with van der Waals surface area (Å²) in [6.45, 7) is 4.62. The predicted octanol–water partition coefficient (Wildman–Crippen LogP) is 1.12. The number of piperidine rings is 1. The minimum atomic E-state index is -0.189. The Kier molecular flexibility index (Phi) is 4.58. The molecule has 1 aliphatic rings. The number of aromatic amines is 1. The van der Waals surface area contributed by atoms with Crippen molar-refractivity contribution >= 4 is 6.09 Å². The minimum absolute atomic E-state index is 0.189. The second-order valence-corrected chi connectivity index (χ2v) is 4.45. The number of carbonyl (C=O) groups excluding carboxylic acids is 1. The van der Waals surface area contributed by atoms with Crippen LogP contribution in [0.4, 0.5) is 4.79 Å². The molecule has 0 aromatic carbocycles. The molecule has 0 unspecified atom stereocenters. The average molecular weight is 252 g/mol. The van der Waals surface area contributed by atoms with Crippen LogP contribution >= 0.6 is 0 Å². The van der Waals surface area contributed by atoms with Crippen LogP contribution in [-0.2, 0) is 11.3 Å². The van der Waals surface area contributed by atoms with Crippen molar-refractivity contribution in [3.63, 3.8) is 0 Å². The number of hydrogen-bond donors (Lipinski definition) is 2. The van der Waals surface area contributed by atoms with Crippen molar-refractivity contribution in [1.82, 2.24) is 20.4 Å². The lowest BCUT2D eigenvalue weighted by atomic mass is 10.1. The smallest absolute Gasteiger partial charge is 0.409 e. The van der Waals surface area contributed by atoms with E-state index in [1.54, 1.807) is 4.90 Å². The summed E-state index contributed by atoms with van der Waals surface area (Å²) in [4.78, 5) is 13.3. The van der Waals surface area contributed by atoms with Gasteiger partial charge in [0.2, 0.25) is 0 Å². The molecule has 0 atom stereocenters. The Hall–Kier alpha value is -1.56. The van der Waals surface area contributed by atoms with E-state index in [9.17, 15) is 4.79 Å². The Morgan fingerprint density at radius 1 is 1.61 bits per heavy atom. The van der Waals surface area contributed by atoms with E-state index in [4.69, 9.17) is 4.74 Å². The van der Waals surface area contributed by atoms with Gasteiger partial charge >= 0.3 is 6.09 Å². The highest BCUT2D eigenvalue weighted by molar-refractivity contribution is 5.67. The van der Waals surface area contributed by atoms with Gasteiger partial charge in [-0.25, -0.2) is 4.79 Å². The zero-order valence-electron chi connectivity index (χ0n) is 10.7. The van der Waals surface area contributed by atoms with Crippen LogP contribution in [-0.4, -0.2) is 46.9 Å². The molecular weight excluding hydrogens is 232 g/mol. The third kappa shape index (κ3) is 3.46. The molecule has 6 heteroatoms. The highest BCUT2D eigenvalue weighted by Crippen LogP contribution is 2.12. The van der Waals surface area contributed by atoms with E-state index >= 15 is 0 Å². The van der Waals surface area contributed by atoms with E-state index in [0.717, 1.165) is 38.0 Å². The van der Waals surface area contributed by atoms with Crippen LogP contribution in [0.25, 0.3) is 0 Å². The Morgan fingerprint density at radius 2 is 2.39 bits per heavy atom.